The smallest absolute Gasteiger partial charge is 0.254 e. The molecule has 188 valence electrons. The number of carbonyl (C=O) groups excluding carboxylic acids is 2. The van der Waals surface area contributed by atoms with E-state index in [1.165, 1.54) is 7.11 Å². The van der Waals surface area contributed by atoms with Crippen LogP contribution in [0.3, 0.4) is 0 Å². The standard InChI is InChI=1S/C26H24N6O5/c1-31(16-7-9-27-10-8-16)22-6-5-20-19(28-22)12-21(37-20)26(24(34)29-25(35)30-26)14-32-13-15-3-4-17(36-2)11-18(15)23(32)33/h3-12,25,30,35H,13-14H2,1-2H3,(H,29,34). The molecule has 2 atom stereocenters. The average molecular weight is 501 g/mol. The Morgan fingerprint density at radius 3 is 2.73 bits per heavy atom. The highest BCUT2D eigenvalue weighted by atomic mass is 16.5. The second-order valence-corrected chi connectivity index (χ2v) is 9.04. The highest BCUT2D eigenvalue weighted by Gasteiger charge is 2.52. The minimum atomic E-state index is -1.51. The number of aliphatic hydroxyl groups excluding tert-OH is 1. The Bertz CT molecular complexity index is 1520. The Hall–Kier alpha value is -4.48. The van der Waals surface area contributed by atoms with Crippen molar-refractivity contribution in [2.45, 2.75) is 18.4 Å². The van der Waals surface area contributed by atoms with Crippen LogP contribution in [0.5, 0.6) is 5.75 Å². The normalized spacial score (nSPS) is 20.8. The Morgan fingerprint density at radius 1 is 1.19 bits per heavy atom. The van der Waals surface area contributed by atoms with Crippen molar-refractivity contribution in [1.29, 1.82) is 0 Å². The number of pyridine rings is 2. The van der Waals surface area contributed by atoms with E-state index in [9.17, 15) is 14.7 Å². The highest BCUT2D eigenvalue weighted by Crippen LogP contribution is 2.35. The van der Waals surface area contributed by atoms with Gasteiger partial charge in [-0.3, -0.25) is 19.9 Å². The van der Waals surface area contributed by atoms with Gasteiger partial charge in [-0.05, 0) is 42.0 Å². The monoisotopic (exact) mass is 500 g/mol. The number of nitrogens with zero attached hydrogens (tertiary/aromatic N) is 4. The number of benzene rings is 1. The Kier molecular flexibility index (Phi) is 5.32. The maximum Gasteiger partial charge on any atom is 0.254 e. The van der Waals surface area contributed by atoms with E-state index in [1.54, 1.807) is 41.6 Å². The van der Waals surface area contributed by atoms with E-state index < -0.39 is 17.8 Å². The summed E-state index contributed by atoms with van der Waals surface area (Å²) in [5, 5.41) is 15.6. The number of aliphatic hydroxyl groups is 1. The molecule has 1 saturated heterocycles. The van der Waals surface area contributed by atoms with Gasteiger partial charge >= 0.3 is 0 Å². The van der Waals surface area contributed by atoms with Crippen LogP contribution in [0, 0.1) is 0 Å². The molecule has 11 heteroatoms. The maximum atomic E-state index is 13.2. The van der Waals surface area contributed by atoms with Gasteiger partial charge < -0.3 is 29.4 Å². The molecule has 2 amide bonds. The number of ether oxygens (including phenoxy) is 1. The third-order valence-corrected chi connectivity index (χ3v) is 6.84. The number of furan rings is 1. The molecule has 2 aliphatic heterocycles. The van der Waals surface area contributed by atoms with Crippen molar-refractivity contribution < 1.29 is 23.8 Å². The predicted molar refractivity (Wildman–Crippen MR) is 133 cm³/mol. The lowest BCUT2D eigenvalue weighted by Crippen LogP contribution is -2.53. The molecule has 4 aromatic rings. The minimum absolute atomic E-state index is 0.0602. The summed E-state index contributed by atoms with van der Waals surface area (Å²) in [5.41, 5.74) is 1.74. The summed E-state index contributed by atoms with van der Waals surface area (Å²) in [5.74, 6) is 0.748. The molecule has 0 radical (unpaired) electrons. The van der Waals surface area contributed by atoms with Crippen LogP contribution in [0.15, 0.2) is 65.3 Å². The number of hydrogen-bond acceptors (Lipinski definition) is 9. The lowest BCUT2D eigenvalue weighted by Gasteiger charge is -2.29. The first-order chi connectivity index (χ1) is 17.9. The summed E-state index contributed by atoms with van der Waals surface area (Å²) in [6.07, 6.45) is 2.10. The van der Waals surface area contributed by atoms with Crippen LogP contribution in [0.1, 0.15) is 21.7 Å². The highest BCUT2D eigenvalue weighted by molar-refractivity contribution is 6.00. The number of methoxy groups -OCH3 is 1. The van der Waals surface area contributed by atoms with E-state index in [-0.39, 0.29) is 18.2 Å². The SMILES string of the molecule is COc1ccc2c(c1)C(=O)N(CC1(c3cc4nc(N(C)c5ccncc5)ccc4o3)NC(O)NC1=O)C2. The first kappa shape index (κ1) is 23.0. The molecule has 0 saturated carbocycles. The van der Waals surface area contributed by atoms with Gasteiger partial charge in [0.05, 0.1) is 13.7 Å². The van der Waals surface area contributed by atoms with Gasteiger partial charge in [0.2, 0.25) is 0 Å². The van der Waals surface area contributed by atoms with E-state index in [0.717, 1.165) is 11.3 Å². The molecule has 1 aromatic carbocycles. The fourth-order valence-electron chi connectivity index (χ4n) is 4.85. The summed E-state index contributed by atoms with van der Waals surface area (Å²) < 4.78 is 11.3. The molecule has 11 nitrogen and oxygen atoms in total. The van der Waals surface area contributed by atoms with Crippen molar-refractivity contribution in [2.75, 3.05) is 25.6 Å². The van der Waals surface area contributed by atoms with Crippen LogP contribution in [0.4, 0.5) is 11.5 Å². The van der Waals surface area contributed by atoms with Gasteiger partial charge in [0.1, 0.15) is 22.8 Å². The van der Waals surface area contributed by atoms with E-state index in [4.69, 9.17) is 14.1 Å². The van der Waals surface area contributed by atoms with Crippen LogP contribution in [0.2, 0.25) is 0 Å². The van der Waals surface area contributed by atoms with Crippen molar-refractivity contribution in [3.05, 3.63) is 77.8 Å². The van der Waals surface area contributed by atoms with Crippen LogP contribution < -0.4 is 20.3 Å². The van der Waals surface area contributed by atoms with Gasteiger partial charge in [-0.1, -0.05) is 6.07 Å². The van der Waals surface area contributed by atoms with Crippen molar-refractivity contribution in [2.24, 2.45) is 0 Å². The predicted octanol–water partition coefficient (Wildman–Crippen LogP) is 1.85. The zero-order valence-electron chi connectivity index (χ0n) is 20.1. The molecule has 2 unspecified atom stereocenters. The minimum Gasteiger partial charge on any atom is -0.497 e. The summed E-state index contributed by atoms with van der Waals surface area (Å²) in [7, 11) is 3.43. The van der Waals surface area contributed by atoms with Gasteiger partial charge in [-0.2, -0.15) is 0 Å². The van der Waals surface area contributed by atoms with Crippen LogP contribution in [0.25, 0.3) is 11.1 Å². The summed E-state index contributed by atoms with van der Waals surface area (Å²) in [4.78, 5) is 38.7. The Labute approximate surface area is 211 Å². The van der Waals surface area contributed by atoms with Gasteiger partial charge in [0.25, 0.3) is 11.8 Å². The fourth-order valence-corrected chi connectivity index (χ4v) is 4.85. The summed E-state index contributed by atoms with van der Waals surface area (Å²) in [6, 6.07) is 14.3. The Morgan fingerprint density at radius 2 is 2.00 bits per heavy atom. The number of aromatic nitrogens is 2. The van der Waals surface area contributed by atoms with Crippen molar-refractivity contribution >= 4 is 34.4 Å². The van der Waals surface area contributed by atoms with Gasteiger partial charge in [-0.15, -0.1) is 0 Å². The van der Waals surface area contributed by atoms with Gasteiger partial charge in [0.15, 0.2) is 17.5 Å². The molecule has 0 bridgehead atoms. The van der Waals surface area contributed by atoms with E-state index in [1.807, 2.05) is 36.2 Å². The molecule has 0 aliphatic carbocycles. The zero-order valence-corrected chi connectivity index (χ0v) is 20.1. The molecule has 1 fully saturated rings. The van der Waals surface area contributed by atoms with Gasteiger partial charge in [-0.25, -0.2) is 4.98 Å². The second-order valence-electron chi connectivity index (χ2n) is 9.04. The third-order valence-electron chi connectivity index (χ3n) is 6.84. The van der Waals surface area contributed by atoms with E-state index in [2.05, 4.69) is 15.6 Å². The quantitative estimate of drug-likeness (QED) is 0.363. The molecule has 5 heterocycles. The third kappa shape index (κ3) is 3.76. The summed E-state index contributed by atoms with van der Waals surface area (Å²) in [6.45, 7) is 0.250. The number of nitrogens with one attached hydrogen (secondary N) is 2. The second kappa shape index (κ2) is 8.57. The molecule has 0 spiro atoms. The topological polar surface area (TPSA) is 133 Å². The number of rotatable bonds is 6. The number of hydrogen-bond donors (Lipinski definition) is 3. The first-order valence-corrected chi connectivity index (χ1v) is 11.7. The maximum absolute atomic E-state index is 13.2. The van der Waals surface area contributed by atoms with E-state index >= 15 is 0 Å². The number of carbonyl (C=O) groups is 2. The molecule has 3 aromatic heterocycles. The molecule has 6 rings (SSSR count). The van der Waals surface area contributed by atoms with Crippen molar-refractivity contribution in [3.63, 3.8) is 0 Å². The number of anilines is 2. The summed E-state index contributed by atoms with van der Waals surface area (Å²) >= 11 is 0. The lowest BCUT2D eigenvalue weighted by molar-refractivity contribution is -0.125. The Balaban J connectivity index is 1.35. The molecule has 2 aliphatic rings. The fraction of sp³-hybridized carbons (Fsp3) is 0.231. The number of amides is 2. The molecule has 37 heavy (non-hydrogen) atoms. The van der Waals surface area contributed by atoms with Crippen LogP contribution in [-0.4, -0.2) is 58.8 Å². The van der Waals surface area contributed by atoms with Crippen molar-refractivity contribution in [1.82, 2.24) is 25.5 Å². The molecule has 3 N–H and O–H groups in total. The molecular weight excluding hydrogens is 476 g/mol. The first-order valence-electron chi connectivity index (χ1n) is 11.7. The largest absolute Gasteiger partial charge is 0.497 e. The van der Waals surface area contributed by atoms with E-state index in [0.29, 0.717) is 34.8 Å². The molecular formula is C26H24N6O5. The zero-order chi connectivity index (χ0) is 25.7. The van der Waals surface area contributed by atoms with Gasteiger partial charge in [0, 0.05) is 43.3 Å². The lowest BCUT2D eigenvalue weighted by atomic mass is 9.95. The average Bonchev–Trinajstić information content (AvgIpc) is 3.57. The number of fused-ring (bicyclic) bond motifs is 2. The van der Waals surface area contributed by atoms with Crippen LogP contribution in [-0.2, 0) is 16.9 Å². The van der Waals surface area contributed by atoms with Crippen LogP contribution >= 0.6 is 0 Å². The van der Waals surface area contributed by atoms with Crippen molar-refractivity contribution in [3.8, 4) is 5.75 Å².